The van der Waals surface area contributed by atoms with E-state index in [9.17, 15) is 9.18 Å². The van der Waals surface area contributed by atoms with Gasteiger partial charge in [0.05, 0.1) is 6.04 Å². The summed E-state index contributed by atoms with van der Waals surface area (Å²) in [5, 5.41) is 0. The van der Waals surface area contributed by atoms with Gasteiger partial charge >= 0.3 is 6.09 Å². The number of likely N-dealkylation sites (tertiary alicyclic amines) is 1. The lowest BCUT2D eigenvalue weighted by Crippen LogP contribution is -2.51. The highest BCUT2D eigenvalue weighted by molar-refractivity contribution is 5.85. The number of nitrogens with zero attached hydrogens (tertiary/aromatic N) is 1. The van der Waals surface area contributed by atoms with E-state index in [4.69, 9.17) is 10.5 Å². The van der Waals surface area contributed by atoms with Crippen molar-refractivity contribution in [3.05, 3.63) is 35.9 Å². The van der Waals surface area contributed by atoms with Crippen LogP contribution in [0.3, 0.4) is 0 Å². The quantitative estimate of drug-likeness (QED) is 0.907. The third kappa shape index (κ3) is 4.36. The fourth-order valence-corrected chi connectivity index (χ4v) is 1.93. The Labute approximate surface area is 118 Å². The maximum atomic E-state index is 13.2. The van der Waals surface area contributed by atoms with Crippen molar-refractivity contribution in [1.29, 1.82) is 0 Å². The van der Waals surface area contributed by atoms with E-state index in [1.165, 1.54) is 4.90 Å². The first-order valence-electron chi connectivity index (χ1n) is 6.02. The van der Waals surface area contributed by atoms with E-state index < -0.39 is 18.3 Å². The number of carbonyl (C=O) groups is 1. The molecule has 6 heteroatoms. The Balaban J connectivity index is 0.00000180. The summed E-state index contributed by atoms with van der Waals surface area (Å²) in [6, 6.07) is 8.82. The van der Waals surface area contributed by atoms with E-state index in [1.807, 2.05) is 30.3 Å². The second-order valence-electron chi connectivity index (χ2n) is 4.45. The van der Waals surface area contributed by atoms with Gasteiger partial charge in [0, 0.05) is 13.1 Å². The number of benzene rings is 1. The molecule has 106 valence electrons. The van der Waals surface area contributed by atoms with Crippen molar-refractivity contribution in [3.63, 3.8) is 0 Å². The third-order valence-corrected chi connectivity index (χ3v) is 3.03. The van der Waals surface area contributed by atoms with Gasteiger partial charge in [-0.3, -0.25) is 0 Å². The predicted molar refractivity (Wildman–Crippen MR) is 72.9 cm³/mol. The van der Waals surface area contributed by atoms with Crippen LogP contribution in [0.25, 0.3) is 0 Å². The molecule has 2 atom stereocenters. The fraction of sp³-hybridized carbons (Fsp3) is 0.462. The second kappa shape index (κ2) is 7.31. The van der Waals surface area contributed by atoms with Crippen LogP contribution in [0.4, 0.5) is 9.18 Å². The number of amides is 1. The zero-order chi connectivity index (χ0) is 13.0. The minimum Gasteiger partial charge on any atom is -0.445 e. The van der Waals surface area contributed by atoms with Crippen LogP contribution in [0.1, 0.15) is 12.0 Å². The Kier molecular flexibility index (Phi) is 6.05. The normalized spacial score (nSPS) is 22.5. The lowest BCUT2D eigenvalue weighted by Gasteiger charge is -2.32. The van der Waals surface area contributed by atoms with E-state index in [0.29, 0.717) is 6.54 Å². The third-order valence-electron chi connectivity index (χ3n) is 3.03. The van der Waals surface area contributed by atoms with Crippen LogP contribution in [0.15, 0.2) is 30.3 Å². The summed E-state index contributed by atoms with van der Waals surface area (Å²) in [6.45, 7) is 0.807. The van der Waals surface area contributed by atoms with Crippen LogP contribution in [0.5, 0.6) is 0 Å². The number of rotatable bonds is 2. The Morgan fingerprint density at radius 2 is 2.11 bits per heavy atom. The number of ether oxygens (including phenoxy) is 1. The maximum absolute atomic E-state index is 13.2. The molecule has 0 bridgehead atoms. The van der Waals surface area contributed by atoms with Gasteiger partial charge in [0.1, 0.15) is 12.8 Å². The van der Waals surface area contributed by atoms with Crippen molar-refractivity contribution in [3.8, 4) is 0 Å². The summed E-state index contributed by atoms with van der Waals surface area (Å²) < 4.78 is 18.3. The molecule has 0 aliphatic carbocycles. The lowest BCUT2D eigenvalue weighted by molar-refractivity contribution is 0.0703. The zero-order valence-corrected chi connectivity index (χ0v) is 11.3. The van der Waals surface area contributed by atoms with E-state index in [0.717, 1.165) is 5.56 Å². The second-order valence-corrected chi connectivity index (χ2v) is 4.45. The molecule has 1 amide bonds. The summed E-state index contributed by atoms with van der Waals surface area (Å²) in [7, 11) is 0. The molecule has 0 radical (unpaired) electrons. The van der Waals surface area contributed by atoms with Gasteiger partial charge in [-0.2, -0.15) is 0 Å². The van der Waals surface area contributed by atoms with E-state index >= 15 is 0 Å². The molecule has 2 rings (SSSR count). The number of carbonyl (C=O) groups excluding carboxylic acids is 1. The smallest absolute Gasteiger partial charge is 0.410 e. The molecule has 1 fully saturated rings. The molecular formula is C13H18ClFN2O2. The van der Waals surface area contributed by atoms with E-state index in [-0.39, 0.29) is 32.0 Å². The zero-order valence-electron chi connectivity index (χ0n) is 10.5. The van der Waals surface area contributed by atoms with Gasteiger partial charge in [-0.1, -0.05) is 30.3 Å². The Morgan fingerprint density at radius 3 is 2.74 bits per heavy atom. The molecule has 0 saturated carbocycles. The molecule has 1 aliphatic rings. The summed E-state index contributed by atoms with van der Waals surface area (Å²) in [5.41, 5.74) is 6.52. The molecule has 2 N–H and O–H groups in total. The average molecular weight is 289 g/mol. The first-order valence-corrected chi connectivity index (χ1v) is 6.02. The lowest BCUT2D eigenvalue weighted by atomic mass is 10.1. The minimum absolute atomic E-state index is 0. The monoisotopic (exact) mass is 288 g/mol. The van der Waals surface area contributed by atoms with Crippen LogP contribution in [0.2, 0.25) is 0 Å². The molecule has 1 aliphatic heterocycles. The van der Waals surface area contributed by atoms with E-state index in [1.54, 1.807) is 0 Å². The van der Waals surface area contributed by atoms with Crippen LogP contribution >= 0.6 is 12.4 Å². The fourth-order valence-electron chi connectivity index (χ4n) is 1.93. The summed E-state index contributed by atoms with van der Waals surface area (Å²) in [6.07, 6.45) is -1.17. The first-order chi connectivity index (χ1) is 8.66. The topological polar surface area (TPSA) is 55.6 Å². The summed E-state index contributed by atoms with van der Waals surface area (Å²) in [4.78, 5) is 13.2. The van der Waals surface area contributed by atoms with Crippen molar-refractivity contribution >= 4 is 18.5 Å². The van der Waals surface area contributed by atoms with Crippen LogP contribution < -0.4 is 5.73 Å². The Hall–Kier alpha value is -1.33. The van der Waals surface area contributed by atoms with Crippen LogP contribution in [0, 0.1) is 0 Å². The van der Waals surface area contributed by atoms with Gasteiger partial charge in [0.25, 0.3) is 0 Å². The maximum Gasteiger partial charge on any atom is 0.410 e. The Morgan fingerprint density at radius 1 is 1.42 bits per heavy atom. The molecule has 1 aromatic rings. The summed E-state index contributed by atoms with van der Waals surface area (Å²) >= 11 is 0. The highest BCUT2D eigenvalue weighted by atomic mass is 35.5. The summed E-state index contributed by atoms with van der Waals surface area (Å²) in [5.74, 6) is 0. The van der Waals surface area contributed by atoms with Crippen molar-refractivity contribution in [2.75, 3.05) is 13.1 Å². The number of alkyl halides is 1. The van der Waals surface area contributed by atoms with Crippen molar-refractivity contribution in [2.24, 2.45) is 5.73 Å². The van der Waals surface area contributed by atoms with Crippen molar-refractivity contribution in [2.45, 2.75) is 25.2 Å². The molecular weight excluding hydrogens is 271 g/mol. The SMILES string of the molecule is Cl.NC1CN(C(=O)OCc2ccccc2)CCC1F. The number of nitrogens with two attached hydrogens (primary N) is 1. The minimum atomic E-state index is -1.02. The molecule has 0 aromatic heterocycles. The van der Waals surface area contributed by atoms with Crippen LogP contribution in [-0.2, 0) is 11.3 Å². The highest BCUT2D eigenvalue weighted by Crippen LogP contribution is 2.14. The molecule has 19 heavy (non-hydrogen) atoms. The van der Waals surface area contributed by atoms with Crippen molar-refractivity contribution < 1.29 is 13.9 Å². The number of halogens is 2. The van der Waals surface area contributed by atoms with Crippen molar-refractivity contribution in [1.82, 2.24) is 4.90 Å². The van der Waals surface area contributed by atoms with Crippen LogP contribution in [-0.4, -0.2) is 36.3 Å². The average Bonchev–Trinajstić information content (AvgIpc) is 2.40. The number of piperidine rings is 1. The largest absolute Gasteiger partial charge is 0.445 e. The molecule has 1 aromatic carbocycles. The highest BCUT2D eigenvalue weighted by Gasteiger charge is 2.29. The molecule has 1 heterocycles. The van der Waals surface area contributed by atoms with Gasteiger partial charge in [-0.15, -0.1) is 12.4 Å². The van der Waals surface area contributed by atoms with Gasteiger partial charge in [-0.25, -0.2) is 9.18 Å². The van der Waals surface area contributed by atoms with Gasteiger partial charge in [0.15, 0.2) is 0 Å². The number of hydrogen-bond donors (Lipinski definition) is 1. The molecule has 4 nitrogen and oxygen atoms in total. The predicted octanol–water partition coefficient (Wildman–Crippen LogP) is 2.12. The van der Waals surface area contributed by atoms with Gasteiger partial charge in [0.2, 0.25) is 0 Å². The molecule has 0 spiro atoms. The molecule has 2 unspecified atom stereocenters. The standard InChI is InChI=1S/C13H17FN2O2.ClH/c14-11-6-7-16(8-12(11)15)13(17)18-9-10-4-2-1-3-5-10;/h1-5,11-12H,6-9,15H2;1H. The number of hydrogen-bond acceptors (Lipinski definition) is 3. The van der Waals surface area contributed by atoms with Gasteiger partial charge < -0.3 is 15.4 Å². The molecule has 1 saturated heterocycles. The Bertz CT molecular complexity index is 405. The van der Waals surface area contributed by atoms with Gasteiger partial charge in [-0.05, 0) is 12.0 Å². The first kappa shape index (κ1) is 15.7. The van der Waals surface area contributed by atoms with E-state index in [2.05, 4.69) is 0 Å².